The van der Waals surface area contributed by atoms with Gasteiger partial charge in [-0.2, -0.15) is 0 Å². The largest absolute Gasteiger partial charge is 0.486 e. The van der Waals surface area contributed by atoms with E-state index in [1.54, 1.807) is 12.4 Å². The highest BCUT2D eigenvalue weighted by Gasteiger charge is 2.46. The molecular formula is C16H18N4O3S. The number of carbonyl (C=O) groups excluding carboxylic acids is 1. The molecule has 7 nitrogen and oxygen atoms in total. The Labute approximate surface area is 143 Å². The van der Waals surface area contributed by atoms with Crippen molar-refractivity contribution in [3.05, 3.63) is 35.1 Å². The smallest absolute Gasteiger partial charge is 0.276 e. The van der Waals surface area contributed by atoms with E-state index < -0.39 is 0 Å². The van der Waals surface area contributed by atoms with Crippen molar-refractivity contribution in [2.75, 3.05) is 13.2 Å². The van der Waals surface area contributed by atoms with Crippen LogP contribution in [0.25, 0.3) is 0 Å². The first kappa shape index (κ1) is 15.5. The molecule has 1 amide bonds. The molecule has 1 saturated heterocycles. The van der Waals surface area contributed by atoms with Crippen LogP contribution in [0.1, 0.15) is 28.2 Å². The molecular weight excluding hydrogens is 328 g/mol. The number of aromatic nitrogens is 3. The van der Waals surface area contributed by atoms with Crippen LogP contribution in [0.3, 0.4) is 0 Å². The molecule has 1 aliphatic heterocycles. The molecule has 0 aromatic carbocycles. The molecule has 2 aromatic rings. The third kappa shape index (κ3) is 2.76. The standard InChI is InChI=1S/C16H18N4O3S/c1-10-14(18-19-24-10)16(21)20-7-8-22-15-12(20)4-5-13(15)23-11-3-2-6-17-9-11/h2-3,6,9,12-13,15H,4-5,7-8H2,1H3/t12-,13+,15+/m0/s1. The summed E-state index contributed by atoms with van der Waals surface area (Å²) in [6.07, 6.45) is 4.94. The van der Waals surface area contributed by atoms with Crippen molar-refractivity contribution >= 4 is 17.4 Å². The Morgan fingerprint density at radius 3 is 3.12 bits per heavy atom. The molecule has 3 heterocycles. The summed E-state index contributed by atoms with van der Waals surface area (Å²) in [5.74, 6) is 0.677. The molecule has 0 radical (unpaired) electrons. The van der Waals surface area contributed by atoms with E-state index in [0.29, 0.717) is 18.8 Å². The van der Waals surface area contributed by atoms with Crippen molar-refractivity contribution in [2.24, 2.45) is 0 Å². The Bertz CT molecular complexity index is 723. The SMILES string of the molecule is Cc1snnc1C(=O)N1CCO[C@H]2[C@H](Oc3cccnc3)CC[C@@H]21. The van der Waals surface area contributed by atoms with Gasteiger partial charge in [0, 0.05) is 12.7 Å². The van der Waals surface area contributed by atoms with Crippen LogP contribution >= 0.6 is 11.5 Å². The Hall–Kier alpha value is -2.06. The van der Waals surface area contributed by atoms with Gasteiger partial charge in [-0.25, -0.2) is 0 Å². The van der Waals surface area contributed by atoms with Crippen molar-refractivity contribution < 1.29 is 14.3 Å². The highest BCUT2D eigenvalue weighted by Crippen LogP contribution is 2.33. The van der Waals surface area contributed by atoms with Gasteiger partial charge in [-0.1, -0.05) is 4.49 Å². The summed E-state index contributed by atoms with van der Waals surface area (Å²) >= 11 is 1.25. The average molecular weight is 346 g/mol. The van der Waals surface area contributed by atoms with Gasteiger partial charge in [0.2, 0.25) is 0 Å². The van der Waals surface area contributed by atoms with Gasteiger partial charge >= 0.3 is 0 Å². The van der Waals surface area contributed by atoms with Gasteiger partial charge in [0.15, 0.2) is 5.69 Å². The normalized spacial score (nSPS) is 26.2. The van der Waals surface area contributed by atoms with Crippen molar-refractivity contribution in [1.29, 1.82) is 0 Å². The maximum absolute atomic E-state index is 12.8. The van der Waals surface area contributed by atoms with Crippen LogP contribution in [-0.4, -0.2) is 56.8 Å². The lowest BCUT2D eigenvalue weighted by Gasteiger charge is -2.38. The minimum atomic E-state index is -0.116. The fourth-order valence-electron chi connectivity index (χ4n) is 3.45. The van der Waals surface area contributed by atoms with Crippen LogP contribution in [0.4, 0.5) is 0 Å². The Kier molecular flexibility index (Phi) is 4.15. The monoisotopic (exact) mass is 346 g/mol. The van der Waals surface area contributed by atoms with Gasteiger partial charge < -0.3 is 14.4 Å². The number of rotatable bonds is 3. The maximum atomic E-state index is 12.8. The van der Waals surface area contributed by atoms with Gasteiger partial charge in [0.1, 0.15) is 18.0 Å². The topological polar surface area (TPSA) is 77.4 Å². The van der Waals surface area contributed by atoms with Crippen LogP contribution in [0.15, 0.2) is 24.5 Å². The second-order valence-corrected chi connectivity index (χ2v) is 6.96. The number of hydrogen-bond acceptors (Lipinski definition) is 7. The molecule has 8 heteroatoms. The molecule has 4 rings (SSSR count). The summed E-state index contributed by atoms with van der Waals surface area (Å²) < 4.78 is 15.9. The highest BCUT2D eigenvalue weighted by molar-refractivity contribution is 7.05. The Morgan fingerprint density at radius 2 is 2.38 bits per heavy atom. The van der Waals surface area contributed by atoms with E-state index in [2.05, 4.69) is 14.6 Å². The second kappa shape index (κ2) is 6.45. The summed E-state index contributed by atoms with van der Waals surface area (Å²) in [7, 11) is 0. The van der Waals surface area contributed by atoms with Crippen molar-refractivity contribution in [2.45, 2.75) is 38.0 Å². The van der Waals surface area contributed by atoms with E-state index in [9.17, 15) is 4.79 Å². The zero-order valence-corrected chi connectivity index (χ0v) is 14.1. The lowest BCUT2D eigenvalue weighted by Crippen LogP contribution is -2.54. The molecule has 2 fully saturated rings. The van der Waals surface area contributed by atoms with Crippen LogP contribution in [-0.2, 0) is 4.74 Å². The Balaban J connectivity index is 1.50. The van der Waals surface area contributed by atoms with E-state index in [-0.39, 0.29) is 24.2 Å². The molecule has 0 N–H and O–H groups in total. The minimum Gasteiger partial charge on any atom is -0.486 e. The molecule has 1 saturated carbocycles. The molecule has 2 aromatic heterocycles. The molecule has 0 unspecified atom stereocenters. The summed E-state index contributed by atoms with van der Waals surface area (Å²) in [6, 6.07) is 3.75. The van der Waals surface area contributed by atoms with Crippen molar-refractivity contribution in [3.63, 3.8) is 0 Å². The summed E-state index contributed by atoms with van der Waals surface area (Å²) in [4.78, 5) is 19.6. The lowest BCUT2D eigenvalue weighted by molar-refractivity contribution is -0.0788. The number of aryl methyl sites for hydroxylation is 1. The van der Waals surface area contributed by atoms with E-state index >= 15 is 0 Å². The van der Waals surface area contributed by atoms with Gasteiger partial charge in [-0.3, -0.25) is 9.78 Å². The lowest BCUT2D eigenvalue weighted by atomic mass is 10.1. The molecule has 3 atom stereocenters. The first-order chi connectivity index (χ1) is 11.7. The first-order valence-corrected chi connectivity index (χ1v) is 8.79. The van der Waals surface area contributed by atoms with E-state index in [0.717, 1.165) is 23.5 Å². The predicted molar refractivity (Wildman–Crippen MR) is 87.1 cm³/mol. The number of morpholine rings is 1. The number of amides is 1. The van der Waals surface area contributed by atoms with Crippen LogP contribution in [0, 0.1) is 6.92 Å². The highest BCUT2D eigenvalue weighted by atomic mass is 32.1. The summed E-state index contributed by atoms with van der Waals surface area (Å²) in [5, 5.41) is 3.99. The number of nitrogens with zero attached hydrogens (tertiary/aromatic N) is 4. The molecule has 0 bridgehead atoms. The average Bonchev–Trinajstić information content (AvgIpc) is 3.22. The molecule has 24 heavy (non-hydrogen) atoms. The van der Waals surface area contributed by atoms with E-state index in [1.807, 2.05) is 24.0 Å². The van der Waals surface area contributed by atoms with Gasteiger partial charge in [0.05, 0.1) is 23.7 Å². The molecule has 1 aliphatic carbocycles. The van der Waals surface area contributed by atoms with Crippen LogP contribution in [0.5, 0.6) is 5.75 Å². The number of hydrogen-bond donors (Lipinski definition) is 0. The van der Waals surface area contributed by atoms with Gasteiger partial charge in [0.25, 0.3) is 5.91 Å². The van der Waals surface area contributed by atoms with Crippen molar-refractivity contribution in [3.8, 4) is 5.75 Å². The maximum Gasteiger partial charge on any atom is 0.276 e. The second-order valence-electron chi connectivity index (χ2n) is 6.00. The molecule has 126 valence electrons. The third-order valence-electron chi connectivity index (χ3n) is 4.57. The third-order valence-corrected chi connectivity index (χ3v) is 5.20. The first-order valence-electron chi connectivity index (χ1n) is 8.02. The van der Waals surface area contributed by atoms with E-state index in [4.69, 9.17) is 9.47 Å². The zero-order chi connectivity index (χ0) is 16.5. The van der Waals surface area contributed by atoms with Gasteiger partial charge in [-0.15, -0.1) is 5.10 Å². The number of pyridine rings is 1. The van der Waals surface area contributed by atoms with E-state index in [1.165, 1.54) is 11.5 Å². The molecule has 0 spiro atoms. The van der Waals surface area contributed by atoms with Gasteiger partial charge in [-0.05, 0) is 43.4 Å². The predicted octanol–water partition coefficient (Wildman–Crippen LogP) is 1.69. The fourth-order valence-corrected chi connectivity index (χ4v) is 3.91. The minimum absolute atomic E-state index is 0.0222. The summed E-state index contributed by atoms with van der Waals surface area (Å²) in [5.41, 5.74) is 0.456. The van der Waals surface area contributed by atoms with Crippen LogP contribution < -0.4 is 4.74 Å². The number of carbonyl (C=O) groups is 1. The summed E-state index contributed by atoms with van der Waals surface area (Å²) in [6.45, 7) is 2.96. The number of ether oxygens (including phenoxy) is 2. The molecule has 2 aliphatic rings. The van der Waals surface area contributed by atoms with Crippen LogP contribution in [0.2, 0.25) is 0 Å². The van der Waals surface area contributed by atoms with Crippen molar-refractivity contribution in [1.82, 2.24) is 19.5 Å². The Morgan fingerprint density at radius 1 is 1.46 bits per heavy atom. The fraction of sp³-hybridized carbons (Fsp3) is 0.500. The zero-order valence-electron chi connectivity index (χ0n) is 13.3. The quantitative estimate of drug-likeness (QED) is 0.842. The number of fused-ring (bicyclic) bond motifs is 1.